The Labute approximate surface area is 114 Å². The van der Waals surface area contributed by atoms with Gasteiger partial charge in [0.2, 0.25) is 0 Å². The maximum Gasteiger partial charge on any atom is 0.326 e. The van der Waals surface area contributed by atoms with E-state index < -0.39 is 12.0 Å². The minimum atomic E-state index is -0.882. The molecule has 2 rings (SSSR count). The summed E-state index contributed by atoms with van der Waals surface area (Å²) < 4.78 is 0. The number of carbonyl (C=O) groups excluding carboxylic acids is 1. The Balaban J connectivity index is 2.01. The second kappa shape index (κ2) is 5.77. The van der Waals surface area contributed by atoms with Crippen LogP contribution in [-0.4, -0.2) is 77.1 Å². The largest absolute Gasteiger partial charge is 0.480 e. The molecular weight excluding hydrogens is 246 g/mol. The molecule has 2 aliphatic heterocycles. The summed E-state index contributed by atoms with van der Waals surface area (Å²) in [6, 6.07) is -0.354. The molecule has 0 aromatic carbocycles. The van der Waals surface area contributed by atoms with Crippen LogP contribution in [0, 0.1) is 0 Å². The summed E-state index contributed by atoms with van der Waals surface area (Å²) in [5.41, 5.74) is 0. The van der Waals surface area contributed by atoms with E-state index >= 15 is 0 Å². The first-order chi connectivity index (χ1) is 9.04. The van der Waals surface area contributed by atoms with Crippen LogP contribution in [0.2, 0.25) is 0 Å². The van der Waals surface area contributed by atoms with Gasteiger partial charge in [0.1, 0.15) is 6.04 Å². The molecule has 0 radical (unpaired) electrons. The first-order valence-electron chi connectivity index (χ1n) is 7.03. The van der Waals surface area contributed by atoms with E-state index in [2.05, 4.69) is 18.9 Å². The van der Waals surface area contributed by atoms with Crippen LogP contribution >= 0.6 is 0 Å². The number of carboxylic acid groups (broad SMARTS) is 1. The second-order valence-corrected chi connectivity index (χ2v) is 5.46. The highest BCUT2D eigenvalue weighted by Crippen LogP contribution is 2.21. The van der Waals surface area contributed by atoms with Crippen molar-refractivity contribution in [3.8, 4) is 0 Å². The molecule has 6 nitrogen and oxygen atoms in total. The molecule has 6 heteroatoms. The Morgan fingerprint density at radius 1 is 1.26 bits per heavy atom. The topological polar surface area (TPSA) is 64.1 Å². The highest BCUT2D eigenvalue weighted by atomic mass is 16.4. The van der Waals surface area contributed by atoms with Gasteiger partial charge in [-0.2, -0.15) is 0 Å². The number of likely N-dealkylation sites (N-methyl/N-ethyl adjacent to an activating group) is 1. The van der Waals surface area contributed by atoms with E-state index in [1.165, 1.54) is 4.90 Å². The Morgan fingerprint density at radius 3 is 2.63 bits per heavy atom. The quantitative estimate of drug-likeness (QED) is 0.801. The van der Waals surface area contributed by atoms with Gasteiger partial charge in [-0.3, -0.25) is 4.90 Å². The highest BCUT2D eigenvalue weighted by Gasteiger charge is 2.37. The maximum atomic E-state index is 12.5. The molecule has 108 valence electrons. The fraction of sp³-hybridized carbons (Fsp3) is 0.846. The number of nitrogens with zero attached hydrogens (tertiary/aromatic N) is 3. The van der Waals surface area contributed by atoms with Gasteiger partial charge in [0.15, 0.2) is 0 Å². The molecule has 2 heterocycles. The third-order valence-corrected chi connectivity index (χ3v) is 4.30. The van der Waals surface area contributed by atoms with Crippen LogP contribution < -0.4 is 0 Å². The molecule has 2 amide bonds. The van der Waals surface area contributed by atoms with Crippen LogP contribution in [0.25, 0.3) is 0 Å². The number of hydrogen-bond acceptors (Lipinski definition) is 3. The standard InChI is InChI=1S/C13H23N3O3/c1-3-10-9-15(8-7-14(10)2)13(19)16-6-4-5-11(16)12(17)18/h10-11H,3-9H2,1-2H3,(H,17,18). The summed E-state index contributed by atoms with van der Waals surface area (Å²) >= 11 is 0. The highest BCUT2D eigenvalue weighted by molar-refractivity contribution is 5.83. The normalized spacial score (nSPS) is 28.7. The predicted octanol–water partition coefficient (Wildman–Crippen LogP) is 0.681. The Kier molecular flexibility index (Phi) is 4.29. The minimum absolute atomic E-state index is 0.101. The van der Waals surface area contributed by atoms with Gasteiger partial charge in [-0.15, -0.1) is 0 Å². The molecule has 1 N–H and O–H groups in total. The number of rotatable bonds is 2. The monoisotopic (exact) mass is 269 g/mol. The number of aliphatic carboxylic acids is 1. The van der Waals surface area contributed by atoms with Crippen LogP contribution in [0.1, 0.15) is 26.2 Å². The van der Waals surface area contributed by atoms with Crippen molar-refractivity contribution < 1.29 is 14.7 Å². The number of carboxylic acids is 1. The van der Waals surface area contributed by atoms with Crippen LogP contribution in [0.3, 0.4) is 0 Å². The summed E-state index contributed by atoms with van der Waals surface area (Å²) in [5, 5.41) is 9.15. The molecular formula is C13H23N3O3. The zero-order chi connectivity index (χ0) is 14.0. The number of piperazine rings is 1. The van der Waals surface area contributed by atoms with Gasteiger partial charge < -0.3 is 14.9 Å². The fourth-order valence-electron chi connectivity index (χ4n) is 2.99. The van der Waals surface area contributed by atoms with Crippen molar-refractivity contribution in [2.75, 3.05) is 33.2 Å². The van der Waals surface area contributed by atoms with E-state index in [1.54, 1.807) is 0 Å². The molecule has 2 atom stereocenters. The lowest BCUT2D eigenvalue weighted by Crippen LogP contribution is -2.57. The molecule has 0 aromatic heterocycles. The summed E-state index contributed by atoms with van der Waals surface area (Å²) in [6.45, 7) is 4.93. The van der Waals surface area contributed by atoms with Crippen LogP contribution in [-0.2, 0) is 4.79 Å². The molecule has 0 saturated carbocycles. The molecule has 2 fully saturated rings. The van der Waals surface area contributed by atoms with E-state index in [0.717, 1.165) is 19.4 Å². The van der Waals surface area contributed by atoms with Crippen molar-refractivity contribution in [1.29, 1.82) is 0 Å². The van der Waals surface area contributed by atoms with E-state index in [1.807, 2.05) is 4.90 Å². The van der Waals surface area contributed by atoms with Crippen molar-refractivity contribution in [2.24, 2.45) is 0 Å². The Bertz CT molecular complexity index is 361. The van der Waals surface area contributed by atoms with Crippen LogP contribution in [0.4, 0.5) is 4.79 Å². The predicted molar refractivity (Wildman–Crippen MR) is 71.0 cm³/mol. The molecule has 19 heavy (non-hydrogen) atoms. The lowest BCUT2D eigenvalue weighted by Gasteiger charge is -2.41. The van der Waals surface area contributed by atoms with E-state index in [4.69, 9.17) is 5.11 Å². The van der Waals surface area contributed by atoms with E-state index in [-0.39, 0.29) is 6.03 Å². The Morgan fingerprint density at radius 2 is 2.00 bits per heavy atom. The van der Waals surface area contributed by atoms with Gasteiger partial charge in [0.05, 0.1) is 0 Å². The molecule has 2 unspecified atom stereocenters. The number of amides is 2. The van der Waals surface area contributed by atoms with Crippen molar-refractivity contribution in [3.05, 3.63) is 0 Å². The van der Waals surface area contributed by atoms with Gasteiger partial charge in [-0.1, -0.05) is 6.92 Å². The second-order valence-electron chi connectivity index (χ2n) is 5.46. The molecule has 2 aliphatic rings. The third kappa shape index (κ3) is 2.83. The van der Waals surface area contributed by atoms with E-state index in [0.29, 0.717) is 32.1 Å². The third-order valence-electron chi connectivity index (χ3n) is 4.30. The average Bonchev–Trinajstić information content (AvgIpc) is 2.87. The van der Waals surface area contributed by atoms with Crippen molar-refractivity contribution >= 4 is 12.0 Å². The lowest BCUT2D eigenvalue weighted by atomic mass is 10.1. The lowest BCUT2D eigenvalue weighted by molar-refractivity contribution is -0.141. The van der Waals surface area contributed by atoms with Gasteiger partial charge >= 0.3 is 12.0 Å². The zero-order valence-corrected chi connectivity index (χ0v) is 11.7. The smallest absolute Gasteiger partial charge is 0.326 e. The number of urea groups is 1. The maximum absolute atomic E-state index is 12.5. The fourth-order valence-corrected chi connectivity index (χ4v) is 2.99. The summed E-state index contributed by atoms with van der Waals surface area (Å²) in [4.78, 5) is 29.2. The van der Waals surface area contributed by atoms with Crippen molar-refractivity contribution in [3.63, 3.8) is 0 Å². The average molecular weight is 269 g/mol. The molecule has 0 aromatic rings. The molecule has 2 saturated heterocycles. The SMILES string of the molecule is CCC1CN(C(=O)N2CCCC2C(=O)O)CCN1C. The summed E-state index contributed by atoms with van der Waals surface area (Å²) in [7, 11) is 2.08. The van der Waals surface area contributed by atoms with Crippen LogP contribution in [0.5, 0.6) is 0 Å². The van der Waals surface area contributed by atoms with E-state index in [9.17, 15) is 9.59 Å². The number of likely N-dealkylation sites (tertiary alicyclic amines) is 1. The molecule has 0 aliphatic carbocycles. The van der Waals surface area contributed by atoms with Crippen LogP contribution in [0.15, 0.2) is 0 Å². The first-order valence-corrected chi connectivity index (χ1v) is 7.03. The molecule has 0 bridgehead atoms. The Hall–Kier alpha value is -1.30. The van der Waals surface area contributed by atoms with Gasteiger partial charge in [0, 0.05) is 32.2 Å². The first kappa shape index (κ1) is 14.1. The number of hydrogen-bond donors (Lipinski definition) is 1. The molecule has 0 spiro atoms. The summed E-state index contributed by atoms with van der Waals surface area (Å²) in [6.07, 6.45) is 2.36. The number of carbonyl (C=O) groups is 2. The van der Waals surface area contributed by atoms with Gasteiger partial charge in [-0.25, -0.2) is 9.59 Å². The van der Waals surface area contributed by atoms with Crippen molar-refractivity contribution in [2.45, 2.75) is 38.3 Å². The van der Waals surface area contributed by atoms with Crippen molar-refractivity contribution in [1.82, 2.24) is 14.7 Å². The summed E-state index contributed by atoms with van der Waals surface area (Å²) in [5.74, 6) is -0.882. The zero-order valence-electron chi connectivity index (χ0n) is 11.7. The van der Waals surface area contributed by atoms with Gasteiger partial charge in [-0.05, 0) is 26.3 Å². The van der Waals surface area contributed by atoms with Gasteiger partial charge in [0.25, 0.3) is 0 Å². The minimum Gasteiger partial charge on any atom is -0.480 e.